The highest BCUT2D eigenvalue weighted by Gasteiger charge is 2.37. The standard InChI is InChI=1S/C10H14O4/c1-5-4-7(11)6(2)9(12)8(5)10(13)14-3/h5,8,12H,4H2,1-3H3/t5-,8-/m1/s1. The van der Waals surface area contributed by atoms with Crippen molar-refractivity contribution in [3.8, 4) is 0 Å². The van der Waals surface area contributed by atoms with E-state index in [0.29, 0.717) is 0 Å². The first kappa shape index (κ1) is 10.8. The summed E-state index contributed by atoms with van der Waals surface area (Å²) in [7, 11) is 1.27. The minimum atomic E-state index is -0.683. The van der Waals surface area contributed by atoms with Gasteiger partial charge in [-0.3, -0.25) is 9.59 Å². The second kappa shape index (κ2) is 3.82. The van der Waals surface area contributed by atoms with Crippen LogP contribution in [0.1, 0.15) is 20.3 Å². The predicted octanol–water partition coefficient (Wildman–Crippen LogP) is 1.22. The lowest BCUT2D eigenvalue weighted by molar-refractivity contribution is -0.147. The smallest absolute Gasteiger partial charge is 0.316 e. The van der Waals surface area contributed by atoms with E-state index in [1.165, 1.54) is 14.0 Å². The lowest BCUT2D eigenvalue weighted by atomic mass is 9.80. The number of ketones is 1. The van der Waals surface area contributed by atoms with Gasteiger partial charge in [-0.1, -0.05) is 6.92 Å². The lowest BCUT2D eigenvalue weighted by Gasteiger charge is -2.26. The third-order valence-corrected chi connectivity index (χ3v) is 2.63. The number of aliphatic hydroxyl groups is 1. The SMILES string of the molecule is COC(=O)[C@H]1C(O)=C(C)C(=O)C[C@H]1C. The van der Waals surface area contributed by atoms with E-state index in [4.69, 9.17) is 0 Å². The maximum Gasteiger partial charge on any atom is 0.316 e. The third kappa shape index (κ3) is 1.64. The van der Waals surface area contributed by atoms with Crippen molar-refractivity contribution >= 4 is 11.8 Å². The average Bonchev–Trinajstić information content (AvgIpc) is 2.14. The second-order valence-corrected chi connectivity index (χ2v) is 3.62. The number of hydrogen-bond donors (Lipinski definition) is 1. The summed E-state index contributed by atoms with van der Waals surface area (Å²) in [5.74, 6) is -1.60. The largest absolute Gasteiger partial charge is 0.511 e. The third-order valence-electron chi connectivity index (χ3n) is 2.63. The van der Waals surface area contributed by atoms with Crippen molar-refractivity contribution in [3.63, 3.8) is 0 Å². The van der Waals surface area contributed by atoms with Crippen LogP contribution in [0, 0.1) is 11.8 Å². The minimum Gasteiger partial charge on any atom is -0.511 e. The van der Waals surface area contributed by atoms with Crippen LogP contribution in [0.5, 0.6) is 0 Å². The lowest BCUT2D eigenvalue weighted by Crippen LogP contribution is -2.32. The minimum absolute atomic E-state index is 0.102. The predicted molar refractivity (Wildman–Crippen MR) is 49.6 cm³/mol. The number of carbonyl (C=O) groups is 2. The van der Waals surface area contributed by atoms with E-state index >= 15 is 0 Å². The Hall–Kier alpha value is -1.32. The molecule has 4 heteroatoms. The molecule has 0 aromatic heterocycles. The number of ether oxygens (including phenoxy) is 1. The fourth-order valence-electron chi connectivity index (χ4n) is 1.68. The molecule has 1 rings (SSSR count). The number of methoxy groups -OCH3 is 1. The van der Waals surface area contributed by atoms with Gasteiger partial charge in [0.1, 0.15) is 11.7 Å². The molecule has 0 amide bonds. The Morgan fingerprint density at radius 3 is 2.64 bits per heavy atom. The zero-order valence-corrected chi connectivity index (χ0v) is 8.53. The maximum absolute atomic E-state index is 11.3. The highest BCUT2D eigenvalue weighted by Crippen LogP contribution is 2.31. The van der Waals surface area contributed by atoms with Crippen LogP contribution in [0.15, 0.2) is 11.3 Å². The van der Waals surface area contributed by atoms with Gasteiger partial charge in [0.05, 0.1) is 7.11 Å². The number of Topliss-reactive ketones (excluding diaryl/α,β-unsaturated/α-hetero) is 1. The summed E-state index contributed by atoms with van der Waals surface area (Å²) in [4.78, 5) is 22.6. The Balaban J connectivity index is 3.05. The van der Waals surface area contributed by atoms with Gasteiger partial charge in [0, 0.05) is 12.0 Å². The van der Waals surface area contributed by atoms with Crippen LogP contribution in [-0.2, 0) is 14.3 Å². The van der Waals surface area contributed by atoms with E-state index < -0.39 is 11.9 Å². The number of esters is 1. The monoisotopic (exact) mass is 198 g/mol. The normalized spacial score (nSPS) is 27.8. The summed E-state index contributed by atoms with van der Waals surface area (Å²) in [6.07, 6.45) is 0.287. The van der Waals surface area contributed by atoms with Crippen molar-refractivity contribution in [1.82, 2.24) is 0 Å². The highest BCUT2D eigenvalue weighted by atomic mass is 16.5. The molecule has 0 unspecified atom stereocenters. The van der Waals surface area contributed by atoms with Gasteiger partial charge < -0.3 is 9.84 Å². The zero-order valence-electron chi connectivity index (χ0n) is 8.53. The number of carbonyl (C=O) groups excluding carboxylic acids is 2. The first-order valence-corrected chi connectivity index (χ1v) is 4.49. The fourth-order valence-corrected chi connectivity index (χ4v) is 1.68. The summed E-state index contributed by atoms with van der Waals surface area (Å²) >= 11 is 0. The Morgan fingerprint density at radius 2 is 2.14 bits per heavy atom. The highest BCUT2D eigenvalue weighted by molar-refractivity contribution is 5.98. The molecule has 78 valence electrons. The van der Waals surface area contributed by atoms with Crippen LogP contribution in [0.2, 0.25) is 0 Å². The van der Waals surface area contributed by atoms with E-state index in [9.17, 15) is 14.7 Å². The van der Waals surface area contributed by atoms with Gasteiger partial charge in [-0.05, 0) is 12.8 Å². The summed E-state index contributed by atoms with van der Waals surface area (Å²) in [6, 6.07) is 0. The Kier molecular flexibility index (Phi) is 2.93. The molecular weight excluding hydrogens is 184 g/mol. The molecule has 0 heterocycles. The Labute approximate surface area is 82.6 Å². The number of aliphatic hydroxyl groups excluding tert-OH is 1. The van der Waals surface area contributed by atoms with Crippen LogP contribution in [-0.4, -0.2) is 24.0 Å². The maximum atomic E-state index is 11.3. The van der Waals surface area contributed by atoms with Gasteiger partial charge in [0.25, 0.3) is 0 Å². The van der Waals surface area contributed by atoms with E-state index in [1.54, 1.807) is 6.92 Å². The molecule has 14 heavy (non-hydrogen) atoms. The summed E-state index contributed by atoms with van der Waals surface area (Å²) < 4.78 is 4.57. The second-order valence-electron chi connectivity index (χ2n) is 3.62. The van der Waals surface area contributed by atoms with Crippen molar-refractivity contribution in [2.24, 2.45) is 11.8 Å². The molecule has 0 spiro atoms. The molecule has 0 fully saturated rings. The first-order chi connectivity index (χ1) is 6.49. The molecule has 0 aliphatic heterocycles. The summed E-state index contributed by atoms with van der Waals surface area (Å²) in [6.45, 7) is 3.28. The molecule has 1 aliphatic carbocycles. The molecule has 2 atom stereocenters. The molecule has 0 bridgehead atoms. The van der Waals surface area contributed by atoms with Crippen molar-refractivity contribution in [3.05, 3.63) is 11.3 Å². The molecule has 0 aromatic carbocycles. The van der Waals surface area contributed by atoms with Gasteiger partial charge in [-0.2, -0.15) is 0 Å². The molecule has 0 radical (unpaired) electrons. The summed E-state index contributed by atoms with van der Waals surface area (Å²) in [5, 5.41) is 9.64. The summed E-state index contributed by atoms with van der Waals surface area (Å²) in [5.41, 5.74) is 0.276. The van der Waals surface area contributed by atoms with Crippen molar-refractivity contribution < 1.29 is 19.4 Å². The quantitative estimate of drug-likeness (QED) is 0.643. The Morgan fingerprint density at radius 1 is 1.57 bits per heavy atom. The van der Waals surface area contributed by atoms with Crippen LogP contribution < -0.4 is 0 Å². The van der Waals surface area contributed by atoms with Crippen molar-refractivity contribution in [2.45, 2.75) is 20.3 Å². The zero-order chi connectivity index (χ0) is 10.9. The fraction of sp³-hybridized carbons (Fsp3) is 0.600. The molecule has 1 aliphatic rings. The Bertz CT molecular complexity index is 303. The van der Waals surface area contributed by atoms with Crippen LogP contribution in [0.3, 0.4) is 0 Å². The number of rotatable bonds is 1. The topological polar surface area (TPSA) is 63.6 Å². The van der Waals surface area contributed by atoms with E-state index in [1.807, 2.05) is 0 Å². The molecule has 0 aromatic rings. The van der Waals surface area contributed by atoms with Gasteiger partial charge in [0.15, 0.2) is 5.78 Å². The van der Waals surface area contributed by atoms with Crippen LogP contribution in [0.4, 0.5) is 0 Å². The van der Waals surface area contributed by atoms with Gasteiger partial charge in [0.2, 0.25) is 0 Å². The molecule has 4 nitrogen and oxygen atoms in total. The van der Waals surface area contributed by atoms with E-state index in [0.717, 1.165) is 0 Å². The number of allylic oxidation sites excluding steroid dienone is 1. The van der Waals surface area contributed by atoms with Crippen molar-refractivity contribution in [1.29, 1.82) is 0 Å². The average molecular weight is 198 g/mol. The van der Waals surface area contributed by atoms with Crippen molar-refractivity contribution in [2.75, 3.05) is 7.11 Å². The van der Waals surface area contributed by atoms with E-state index in [-0.39, 0.29) is 29.5 Å². The van der Waals surface area contributed by atoms with Gasteiger partial charge >= 0.3 is 5.97 Å². The van der Waals surface area contributed by atoms with Gasteiger partial charge in [-0.25, -0.2) is 0 Å². The van der Waals surface area contributed by atoms with Gasteiger partial charge in [-0.15, -0.1) is 0 Å². The van der Waals surface area contributed by atoms with E-state index in [2.05, 4.69) is 4.74 Å². The van der Waals surface area contributed by atoms with Crippen LogP contribution in [0.25, 0.3) is 0 Å². The number of hydrogen-bond acceptors (Lipinski definition) is 4. The first-order valence-electron chi connectivity index (χ1n) is 4.49. The van der Waals surface area contributed by atoms with Crippen LogP contribution >= 0.6 is 0 Å². The molecule has 0 saturated carbocycles. The molecule has 1 N–H and O–H groups in total. The molecular formula is C10H14O4. The molecule has 0 saturated heterocycles.